The quantitative estimate of drug-likeness (QED) is 0.300. The maximum absolute atomic E-state index is 13.2. The first-order chi connectivity index (χ1) is 15.8. The monoisotopic (exact) mass is 465 g/mol. The van der Waals surface area contributed by atoms with Gasteiger partial charge in [0, 0.05) is 23.4 Å². The summed E-state index contributed by atoms with van der Waals surface area (Å²) < 4.78 is 41.5. The number of benzene rings is 3. The van der Waals surface area contributed by atoms with Crippen LogP contribution < -0.4 is 10.0 Å². The first kappa shape index (κ1) is 21.1. The summed E-state index contributed by atoms with van der Waals surface area (Å²) in [5.41, 5.74) is 2.51. The molecule has 0 unspecified atom stereocenters. The number of nitro benzene ring substituents is 1. The van der Waals surface area contributed by atoms with Gasteiger partial charge in [0.05, 0.1) is 21.4 Å². The number of nitrogens with one attached hydrogen (secondary N) is 2. The molecule has 3 aromatic rings. The van der Waals surface area contributed by atoms with Gasteiger partial charge in [-0.1, -0.05) is 30.4 Å². The Morgan fingerprint density at radius 3 is 2.55 bits per heavy atom. The van der Waals surface area contributed by atoms with E-state index >= 15 is 0 Å². The van der Waals surface area contributed by atoms with Gasteiger partial charge in [-0.3, -0.25) is 14.8 Å². The van der Waals surface area contributed by atoms with Gasteiger partial charge in [0.1, 0.15) is 5.82 Å². The average Bonchev–Trinajstić information content (AvgIpc) is 3.30. The molecule has 0 radical (unpaired) electrons. The molecule has 0 saturated carbocycles. The fourth-order valence-electron chi connectivity index (χ4n) is 4.70. The minimum Gasteiger partial charge on any atom is -0.377 e. The third kappa shape index (κ3) is 3.84. The van der Waals surface area contributed by atoms with E-state index in [1.54, 1.807) is 30.3 Å². The number of fused-ring (bicyclic) bond motifs is 3. The van der Waals surface area contributed by atoms with Crippen LogP contribution in [-0.4, -0.2) is 13.3 Å². The topological polar surface area (TPSA) is 101 Å². The van der Waals surface area contributed by atoms with E-state index in [9.17, 15) is 22.9 Å². The van der Waals surface area contributed by atoms with Gasteiger partial charge in [0.2, 0.25) is 0 Å². The molecule has 3 atom stereocenters. The third-order valence-corrected chi connectivity index (χ3v) is 7.59. The van der Waals surface area contributed by atoms with Crippen LogP contribution in [0, 0.1) is 21.8 Å². The highest BCUT2D eigenvalue weighted by Crippen LogP contribution is 2.51. The molecule has 7 nitrogen and oxygen atoms in total. The number of sulfonamides is 1. The van der Waals surface area contributed by atoms with Crippen LogP contribution in [0.15, 0.2) is 83.8 Å². The van der Waals surface area contributed by atoms with Crippen molar-refractivity contribution in [2.45, 2.75) is 23.3 Å². The second-order valence-corrected chi connectivity index (χ2v) is 9.84. The molecule has 3 aromatic carbocycles. The first-order valence-corrected chi connectivity index (χ1v) is 11.9. The second kappa shape index (κ2) is 8.00. The number of nitro groups is 1. The summed E-state index contributed by atoms with van der Waals surface area (Å²) in [5, 5.41) is 15.0. The maximum Gasteiger partial charge on any atom is 0.274 e. The van der Waals surface area contributed by atoms with Crippen LogP contribution in [-0.2, 0) is 10.0 Å². The molecule has 168 valence electrons. The number of hydrogen-bond donors (Lipinski definition) is 2. The molecule has 0 bridgehead atoms. The molecule has 1 heterocycles. The lowest BCUT2D eigenvalue weighted by Gasteiger charge is -2.37. The molecule has 1 aliphatic carbocycles. The molecule has 2 aliphatic rings. The van der Waals surface area contributed by atoms with Crippen molar-refractivity contribution in [3.05, 3.63) is 106 Å². The fraction of sp³-hybridized carbons (Fsp3) is 0.167. The second-order valence-electron chi connectivity index (χ2n) is 8.15. The van der Waals surface area contributed by atoms with Crippen LogP contribution in [0.1, 0.15) is 29.5 Å². The van der Waals surface area contributed by atoms with Crippen LogP contribution in [0.5, 0.6) is 0 Å². The summed E-state index contributed by atoms with van der Waals surface area (Å²) >= 11 is 0. The molecule has 5 rings (SSSR count). The number of halogens is 1. The number of rotatable bonds is 5. The Bertz CT molecular complexity index is 1370. The Balaban J connectivity index is 1.51. The maximum atomic E-state index is 13.2. The highest BCUT2D eigenvalue weighted by molar-refractivity contribution is 7.92. The summed E-state index contributed by atoms with van der Waals surface area (Å²) in [6.07, 6.45) is 4.79. The van der Waals surface area contributed by atoms with Gasteiger partial charge in [-0.15, -0.1) is 0 Å². The van der Waals surface area contributed by atoms with E-state index in [4.69, 9.17) is 0 Å². The fourth-order valence-corrected chi connectivity index (χ4v) is 5.79. The number of anilines is 2. The van der Waals surface area contributed by atoms with Gasteiger partial charge in [0.25, 0.3) is 15.7 Å². The largest absolute Gasteiger partial charge is 0.377 e. The lowest BCUT2D eigenvalue weighted by Crippen LogP contribution is -2.30. The van der Waals surface area contributed by atoms with Gasteiger partial charge in [-0.2, -0.15) is 0 Å². The van der Waals surface area contributed by atoms with Crippen molar-refractivity contribution in [1.29, 1.82) is 0 Å². The third-order valence-electron chi connectivity index (χ3n) is 6.21. The molecule has 0 aromatic heterocycles. The van der Waals surface area contributed by atoms with Crippen molar-refractivity contribution in [1.82, 2.24) is 0 Å². The Hall–Kier alpha value is -3.72. The zero-order chi connectivity index (χ0) is 23.2. The predicted molar refractivity (Wildman–Crippen MR) is 123 cm³/mol. The van der Waals surface area contributed by atoms with Crippen molar-refractivity contribution in [3.63, 3.8) is 0 Å². The first-order valence-electron chi connectivity index (χ1n) is 10.4. The summed E-state index contributed by atoms with van der Waals surface area (Å²) in [7, 11) is -3.89. The normalized spacial score (nSPS) is 21.1. The van der Waals surface area contributed by atoms with E-state index in [1.807, 2.05) is 12.2 Å². The van der Waals surface area contributed by atoms with E-state index in [1.165, 1.54) is 36.4 Å². The van der Waals surface area contributed by atoms with Crippen LogP contribution >= 0.6 is 0 Å². The van der Waals surface area contributed by atoms with Gasteiger partial charge in [-0.25, -0.2) is 12.8 Å². The minimum absolute atomic E-state index is 0.0154. The highest BCUT2D eigenvalue weighted by Gasteiger charge is 2.40. The van der Waals surface area contributed by atoms with Crippen LogP contribution in [0.4, 0.5) is 21.5 Å². The molecule has 0 fully saturated rings. The number of nitrogens with zero attached hydrogens (tertiary/aromatic N) is 1. The van der Waals surface area contributed by atoms with E-state index in [0.717, 1.165) is 17.7 Å². The van der Waals surface area contributed by atoms with Crippen LogP contribution in [0.3, 0.4) is 0 Å². The Kier molecular flexibility index (Phi) is 5.13. The van der Waals surface area contributed by atoms with Gasteiger partial charge in [-0.05, 0) is 60.4 Å². The Labute approximate surface area is 190 Å². The van der Waals surface area contributed by atoms with Gasteiger partial charge in [0.15, 0.2) is 0 Å². The standard InChI is InChI=1S/C24H20FN3O4S/c25-15-8-10-16(11-9-15)27-33(31,32)17-12-13-22-21(14-17)18-5-3-6-19(18)24(26-22)20-4-1-2-7-23(20)28(29)30/h1-5,7-14,18-19,24,26-27H,6H2/t18-,19+,24-/m0/s1. The Morgan fingerprint density at radius 2 is 1.79 bits per heavy atom. The summed E-state index contributed by atoms with van der Waals surface area (Å²) in [6, 6.07) is 16.3. The number of para-hydroxylation sites is 1. The molecular weight excluding hydrogens is 445 g/mol. The number of hydrogen-bond acceptors (Lipinski definition) is 5. The summed E-state index contributed by atoms with van der Waals surface area (Å²) in [6.45, 7) is 0. The van der Waals surface area contributed by atoms with E-state index < -0.39 is 15.8 Å². The molecule has 2 N–H and O–H groups in total. The molecule has 1 aliphatic heterocycles. The average molecular weight is 466 g/mol. The molecule has 9 heteroatoms. The molecule has 0 saturated heterocycles. The zero-order valence-corrected chi connectivity index (χ0v) is 18.1. The van der Waals surface area contributed by atoms with Gasteiger partial charge >= 0.3 is 0 Å². The summed E-state index contributed by atoms with van der Waals surface area (Å²) in [5.74, 6) is -0.515. The van der Waals surface area contributed by atoms with E-state index in [-0.39, 0.29) is 39.1 Å². The predicted octanol–water partition coefficient (Wildman–Crippen LogP) is 5.36. The van der Waals surface area contributed by atoms with Crippen LogP contribution in [0.25, 0.3) is 0 Å². The zero-order valence-electron chi connectivity index (χ0n) is 17.3. The lowest BCUT2D eigenvalue weighted by atomic mass is 9.76. The molecule has 0 spiro atoms. The van der Waals surface area contributed by atoms with Crippen molar-refractivity contribution in [2.24, 2.45) is 5.92 Å². The van der Waals surface area contributed by atoms with E-state index in [0.29, 0.717) is 5.56 Å². The SMILES string of the molecule is O=[N+]([O-])c1ccccc1[C@H]1Nc2ccc(S(=O)(=O)Nc3ccc(F)cc3)cc2[C@H]2C=CC[C@H]21. The molecular formula is C24H20FN3O4S. The molecule has 33 heavy (non-hydrogen) atoms. The molecule has 0 amide bonds. The number of allylic oxidation sites excluding steroid dienone is 2. The Morgan fingerprint density at radius 1 is 1.03 bits per heavy atom. The highest BCUT2D eigenvalue weighted by atomic mass is 32.2. The van der Waals surface area contributed by atoms with Crippen molar-refractivity contribution in [3.8, 4) is 0 Å². The lowest BCUT2D eigenvalue weighted by molar-refractivity contribution is -0.385. The smallest absolute Gasteiger partial charge is 0.274 e. The van der Waals surface area contributed by atoms with Gasteiger partial charge < -0.3 is 5.32 Å². The van der Waals surface area contributed by atoms with Crippen molar-refractivity contribution in [2.75, 3.05) is 10.0 Å². The summed E-state index contributed by atoms with van der Waals surface area (Å²) in [4.78, 5) is 11.3. The van der Waals surface area contributed by atoms with Crippen LogP contribution in [0.2, 0.25) is 0 Å². The minimum atomic E-state index is -3.89. The van der Waals surface area contributed by atoms with Crippen molar-refractivity contribution < 1.29 is 17.7 Å². The van der Waals surface area contributed by atoms with E-state index in [2.05, 4.69) is 10.0 Å². The van der Waals surface area contributed by atoms with Crippen molar-refractivity contribution >= 4 is 27.1 Å².